The van der Waals surface area contributed by atoms with Gasteiger partial charge in [0.2, 0.25) is 11.8 Å². The van der Waals surface area contributed by atoms with Crippen LogP contribution in [0.25, 0.3) is 0 Å². The van der Waals surface area contributed by atoms with Gasteiger partial charge in [-0.05, 0) is 72.1 Å². The van der Waals surface area contributed by atoms with Crippen LogP contribution in [0.15, 0.2) is 108 Å². The molecule has 2 amide bonds. The van der Waals surface area contributed by atoms with Crippen LogP contribution in [0, 0.1) is 6.92 Å². The lowest BCUT2D eigenvalue weighted by Crippen LogP contribution is -2.53. The standard InChI is InChI=1S/C32H31Cl2N3O4S/c1-23-8-6-13-28(18-23)37(42(40,41)29-16-14-26(33)15-17-29)22-31(38)36(21-25-11-7-12-27(34)19-25)30(32(39)35-2)20-24-9-4-3-5-10-24/h3-19,30H,20-22H2,1-2H3,(H,35,39)/t30-/m0/s1. The van der Waals surface area contributed by atoms with Gasteiger partial charge in [0, 0.05) is 30.1 Å². The van der Waals surface area contributed by atoms with Crippen LogP contribution in [-0.2, 0) is 32.6 Å². The molecule has 0 aromatic heterocycles. The van der Waals surface area contributed by atoms with Crippen LogP contribution in [0.4, 0.5) is 5.69 Å². The first-order valence-electron chi connectivity index (χ1n) is 13.2. The third-order valence-electron chi connectivity index (χ3n) is 6.73. The second-order valence-corrected chi connectivity index (χ2v) is 12.5. The van der Waals surface area contributed by atoms with Crippen molar-refractivity contribution in [1.29, 1.82) is 0 Å². The number of hydrogen-bond donors (Lipinski definition) is 1. The molecule has 4 aromatic rings. The Labute approximate surface area is 256 Å². The fourth-order valence-corrected chi connectivity index (χ4v) is 6.34. The van der Waals surface area contributed by atoms with Crippen LogP contribution < -0.4 is 9.62 Å². The van der Waals surface area contributed by atoms with Crippen molar-refractivity contribution in [2.24, 2.45) is 0 Å². The lowest BCUT2D eigenvalue weighted by Gasteiger charge is -2.33. The molecule has 0 heterocycles. The molecule has 218 valence electrons. The van der Waals surface area contributed by atoms with Crippen LogP contribution in [0.2, 0.25) is 10.0 Å². The molecule has 0 radical (unpaired) electrons. The maximum Gasteiger partial charge on any atom is 0.264 e. The number of likely N-dealkylation sites (N-methyl/N-ethyl adjacent to an activating group) is 1. The van der Waals surface area contributed by atoms with Crippen molar-refractivity contribution >= 4 is 50.7 Å². The van der Waals surface area contributed by atoms with E-state index >= 15 is 0 Å². The fourth-order valence-electron chi connectivity index (χ4n) is 4.60. The van der Waals surface area contributed by atoms with Crippen LogP contribution in [0.1, 0.15) is 16.7 Å². The first-order valence-corrected chi connectivity index (χ1v) is 15.4. The quantitative estimate of drug-likeness (QED) is 0.226. The Kier molecular flexibility index (Phi) is 10.3. The van der Waals surface area contributed by atoms with Gasteiger partial charge in [0.1, 0.15) is 12.6 Å². The Morgan fingerprint density at radius 2 is 1.48 bits per heavy atom. The van der Waals surface area contributed by atoms with Crippen LogP contribution in [-0.4, -0.2) is 44.8 Å². The number of nitrogens with zero attached hydrogens (tertiary/aromatic N) is 2. The van der Waals surface area contributed by atoms with Gasteiger partial charge in [0.05, 0.1) is 10.6 Å². The van der Waals surface area contributed by atoms with Crippen LogP contribution in [0.5, 0.6) is 0 Å². The zero-order chi connectivity index (χ0) is 30.3. The average molecular weight is 625 g/mol. The summed E-state index contributed by atoms with van der Waals surface area (Å²) < 4.78 is 29.0. The molecule has 4 aromatic carbocycles. The van der Waals surface area contributed by atoms with Gasteiger partial charge in [-0.1, -0.05) is 77.8 Å². The molecule has 0 unspecified atom stereocenters. The predicted molar refractivity (Wildman–Crippen MR) is 167 cm³/mol. The van der Waals surface area contributed by atoms with Crippen molar-refractivity contribution in [1.82, 2.24) is 10.2 Å². The molecule has 10 heteroatoms. The second kappa shape index (κ2) is 13.9. The van der Waals surface area contributed by atoms with E-state index in [-0.39, 0.29) is 23.8 Å². The zero-order valence-corrected chi connectivity index (χ0v) is 25.5. The van der Waals surface area contributed by atoms with E-state index in [2.05, 4.69) is 5.32 Å². The summed E-state index contributed by atoms with van der Waals surface area (Å²) in [7, 11) is -2.69. The van der Waals surface area contributed by atoms with Gasteiger partial charge in [-0.25, -0.2) is 8.42 Å². The third-order valence-corrected chi connectivity index (χ3v) is 9.00. The number of carbonyl (C=O) groups is 2. The summed E-state index contributed by atoms with van der Waals surface area (Å²) in [4.78, 5) is 29.0. The highest BCUT2D eigenvalue weighted by Gasteiger charge is 2.34. The summed E-state index contributed by atoms with van der Waals surface area (Å²) in [6, 6.07) is 28.1. The molecule has 4 rings (SSSR count). The fraction of sp³-hybridized carbons (Fsp3) is 0.188. The lowest BCUT2D eigenvalue weighted by atomic mass is 10.0. The number of anilines is 1. The van der Waals surface area contributed by atoms with E-state index in [9.17, 15) is 18.0 Å². The molecule has 0 aliphatic carbocycles. The Balaban J connectivity index is 1.79. The highest BCUT2D eigenvalue weighted by molar-refractivity contribution is 7.92. The number of hydrogen-bond acceptors (Lipinski definition) is 4. The van der Waals surface area contributed by atoms with Gasteiger partial charge in [-0.3, -0.25) is 13.9 Å². The number of amides is 2. The van der Waals surface area contributed by atoms with Crippen molar-refractivity contribution in [2.45, 2.75) is 30.8 Å². The van der Waals surface area contributed by atoms with E-state index in [1.807, 2.05) is 43.3 Å². The topological polar surface area (TPSA) is 86.8 Å². The maximum atomic E-state index is 14.3. The van der Waals surface area contributed by atoms with Gasteiger partial charge in [-0.15, -0.1) is 0 Å². The zero-order valence-electron chi connectivity index (χ0n) is 23.2. The van der Waals surface area contributed by atoms with E-state index in [1.165, 1.54) is 36.2 Å². The first-order chi connectivity index (χ1) is 20.1. The molecule has 1 atom stereocenters. The van der Waals surface area contributed by atoms with E-state index in [0.29, 0.717) is 21.3 Å². The highest BCUT2D eigenvalue weighted by atomic mass is 35.5. The number of aryl methyl sites for hydroxylation is 1. The molecule has 0 fully saturated rings. The number of nitrogens with one attached hydrogen (secondary N) is 1. The third kappa shape index (κ3) is 7.70. The molecule has 1 N–H and O–H groups in total. The van der Waals surface area contributed by atoms with Crippen LogP contribution in [0.3, 0.4) is 0 Å². The number of rotatable bonds is 11. The Morgan fingerprint density at radius 3 is 2.12 bits per heavy atom. The number of sulfonamides is 1. The normalized spacial score (nSPS) is 11.9. The van der Waals surface area contributed by atoms with E-state index < -0.39 is 28.5 Å². The van der Waals surface area contributed by atoms with E-state index in [4.69, 9.17) is 23.2 Å². The molecular weight excluding hydrogens is 593 g/mol. The minimum atomic E-state index is -4.20. The number of benzene rings is 4. The predicted octanol–water partition coefficient (Wildman–Crippen LogP) is 5.88. The van der Waals surface area contributed by atoms with Gasteiger partial charge in [0.25, 0.3) is 10.0 Å². The maximum absolute atomic E-state index is 14.3. The van der Waals surface area contributed by atoms with Gasteiger partial charge < -0.3 is 10.2 Å². The smallest absolute Gasteiger partial charge is 0.264 e. The molecule has 0 bridgehead atoms. The Bertz CT molecular complexity index is 1650. The summed E-state index contributed by atoms with van der Waals surface area (Å²) in [5.74, 6) is -0.935. The summed E-state index contributed by atoms with van der Waals surface area (Å²) in [6.07, 6.45) is 0.223. The summed E-state index contributed by atoms with van der Waals surface area (Å²) in [6.45, 7) is 1.33. The van der Waals surface area contributed by atoms with Gasteiger partial charge >= 0.3 is 0 Å². The molecule has 0 saturated heterocycles. The van der Waals surface area contributed by atoms with Crippen molar-refractivity contribution < 1.29 is 18.0 Å². The molecule has 0 saturated carbocycles. The molecule has 42 heavy (non-hydrogen) atoms. The summed E-state index contributed by atoms with van der Waals surface area (Å²) in [5.41, 5.74) is 2.68. The van der Waals surface area contributed by atoms with Crippen molar-refractivity contribution in [2.75, 3.05) is 17.9 Å². The van der Waals surface area contributed by atoms with Gasteiger partial charge in [0.15, 0.2) is 0 Å². The van der Waals surface area contributed by atoms with Crippen molar-refractivity contribution in [3.8, 4) is 0 Å². The van der Waals surface area contributed by atoms with Gasteiger partial charge in [-0.2, -0.15) is 0 Å². The molecule has 0 spiro atoms. The first kappa shape index (κ1) is 31.1. The number of halogens is 2. The second-order valence-electron chi connectivity index (χ2n) is 9.78. The van der Waals surface area contributed by atoms with Crippen molar-refractivity contribution in [3.05, 3.63) is 130 Å². The minimum absolute atomic E-state index is 0.0188. The van der Waals surface area contributed by atoms with E-state index in [0.717, 1.165) is 15.4 Å². The largest absolute Gasteiger partial charge is 0.357 e. The molecule has 0 aliphatic heterocycles. The summed E-state index contributed by atoms with van der Waals surface area (Å²) >= 11 is 12.3. The lowest BCUT2D eigenvalue weighted by molar-refractivity contribution is -0.139. The monoisotopic (exact) mass is 623 g/mol. The Morgan fingerprint density at radius 1 is 0.810 bits per heavy atom. The molecule has 0 aliphatic rings. The van der Waals surface area contributed by atoms with E-state index in [1.54, 1.807) is 42.5 Å². The number of carbonyl (C=O) groups excluding carboxylic acids is 2. The average Bonchev–Trinajstić information content (AvgIpc) is 2.98. The van der Waals surface area contributed by atoms with Crippen molar-refractivity contribution in [3.63, 3.8) is 0 Å². The molecule has 7 nitrogen and oxygen atoms in total. The minimum Gasteiger partial charge on any atom is -0.357 e. The molecular formula is C32H31Cl2N3O4S. The van der Waals surface area contributed by atoms with Crippen LogP contribution >= 0.6 is 23.2 Å². The highest BCUT2D eigenvalue weighted by Crippen LogP contribution is 2.27. The Hall–Kier alpha value is -3.85. The summed E-state index contributed by atoms with van der Waals surface area (Å²) in [5, 5.41) is 3.53. The SMILES string of the molecule is CNC(=O)[C@H](Cc1ccccc1)N(Cc1cccc(Cl)c1)C(=O)CN(c1cccc(C)c1)S(=O)(=O)c1ccc(Cl)cc1.